The lowest BCUT2D eigenvalue weighted by molar-refractivity contribution is 0.0890. The van der Waals surface area contributed by atoms with E-state index in [0.29, 0.717) is 13.0 Å². The number of methoxy groups -OCH3 is 1. The van der Waals surface area contributed by atoms with Crippen LogP contribution >= 0.6 is 11.6 Å². The summed E-state index contributed by atoms with van der Waals surface area (Å²) in [7, 11) is 1.56. The van der Waals surface area contributed by atoms with Crippen molar-refractivity contribution in [1.29, 1.82) is 0 Å². The van der Waals surface area contributed by atoms with Gasteiger partial charge in [-0.25, -0.2) is 4.39 Å². The van der Waals surface area contributed by atoms with Crippen molar-refractivity contribution in [2.24, 2.45) is 5.92 Å². The van der Waals surface area contributed by atoms with Gasteiger partial charge in [-0.3, -0.25) is 4.79 Å². The Labute approximate surface area is 99.4 Å². The molecule has 0 bridgehead atoms. The Morgan fingerprint density at radius 2 is 2.25 bits per heavy atom. The number of benzene rings is 1. The topological polar surface area (TPSA) is 26.3 Å². The van der Waals surface area contributed by atoms with Crippen LogP contribution in [0.2, 0.25) is 5.02 Å². The second-order valence-corrected chi connectivity index (χ2v) is 4.05. The van der Waals surface area contributed by atoms with E-state index in [9.17, 15) is 9.18 Å². The summed E-state index contributed by atoms with van der Waals surface area (Å²) in [5, 5.41) is 0.161. The van der Waals surface area contributed by atoms with E-state index in [1.807, 2.05) is 0 Å². The number of halogens is 2. The van der Waals surface area contributed by atoms with Crippen molar-refractivity contribution in [1.82, 2.24) is 0 Å². The molecule has 4 heteroatoms. The minimum atomic E-state index is -0.568. The number of hydrogen-bond donors (Lipinski definition) is 0. The Morgan fingerprint density at radius 3 is 2.81 bits per heavy atom. The first-order valence-corrected chi connectivity index (χ1v) is 5.43. The van der Waals surface area contributed by atoms with E-state index < -0.39 is 5.82 Å². The maximum Gasteiger partial charge on any atom is 0.170 e. The van der Waals surface area contributed by atoms with Gasteiger partial charge in [-0.15, -0.1) is 0 Å². The average molecular weight is 245 g/mol. The summed E-state index contributed by atoms with van der Waals surface area (Å²) in [4.78, 5) is 11.9. The van der Waals surface area contributed by atoms with Crippen molar-refractivity contribution in [2.45, 2.75) is 13.3 Å². The van der Waals surface area contributed by atoms with Gasteiger partial charge >= 0.3 is 0 Å². The fourth-order valence-electron chi connectivity index (χ4n) is 1.41. The summed E-state index contributed by atoms with van der Waals surface area (Å²) in [6, 6.07) is 4.23. The molecule has 16 heavy (non-hydrogen) atoms. The lowest BCUT2D eigenvalue weighted by atomic mass is 9.96. The van der Waals surface area contributed by atoms with Gasteiger partial charge in [-0.05, 0) is 18.6 Å². The first-order chi connectivity index (χ1) is 7.57. The normalized spacial score (nSPS) is 12.5. The highest BCUT2D eigenvalue weighted by Crippen LogP contribution is 2.23. The van der Waals surface area contributed by atoms with Crippen molar-refractivity contribution in [3.8, 4) is 0 Å². The number of carbonyl (C=O) groups is 1. The third-order valence-corrected chi connectivity index (χ3v) is 2.73. The number of ether oxygens (including phenoxy) is 1. The first kappa shape index (κ1) is 13.1. The largest absolute Gasteiger partial charge is 0.385 e. The molecule has 1 rings (SSSR count). The first-order valence-electron chi connectivity index (χ1n) is 5.05. The van der Waals surface area contributed by atoms with E-state index in [-0.39, 0.29) is 22.3 Å². The van der Waals surface area contributed by atoms with Crippen LogP contribution in [0, 0.1) is 11.7 Å². The third-order valence-electron chi connectivity index (χ3n) is 2.41. The molecule has 1 aromatic rings. The minimum absolute atomic E-state index is 0.0206. The van der Waals surface area contributed by atoms with E-state index in [1.54, 1.807) is 14.0 Å². The molecule has 0 fully saturated rings. The van der Waals surface area contributed by atoms with Crippen LogP contribution in [0.3, 0.4) is 0 Å². The van der Waals surface area contributed by atoms with E-state index in [1.165, 1.54) is 18.2 Å². The molecule has 0 saturated heterocycles. The minimum Gasteiger partial charge on any atom is -0.385 e. The van der Waals surface area contributed by atoms with Gasteiger partial charge in [-0.1, -0.05) is 24.6 Å². The molecule has 0 amide bonds. The maximum absolute atomic E-state index is 13.4. The fourth-order valence-corrected chi connectivity index (χ4v) is 1.66. The summed E-state index contributed by atoms with van der Waals surface area (Å²) in [5.41, 5.74) is -0.0206. The molecular formula is C12H14ClFO2. The molecule has 1 atom stereocenters. The van der Waals surface area contributed by atoms with E-state index in [0.717, 1.165) is 0 Å². The Kier molecular flexibility index (Phi) is 4.90. The number of Topliss-reactive ketones (excluding diaryl/α,β-unsaturated/α-hetero) is 1. The van der Waals surface area contributed by atoms with Gasteiger partial charge in [0.1, 0.15) is 5.82 Å². The van der Waals surface area contributed by atoms with E-state index in [2.05, 4.69) is 0 Å². The second-order valence-electron chi connectivity index (χ2n) is 3.64. The van der Waals surface area contributed by atoms with Crippen LogP contribution < -0.4 is 0 Å². The van der Waals surface area contributed by atoms with Gasteiger partial charge in [-0.2, -0.15) is 0 Å². The smallest absolute Gasteiger partial charge is 0.170 e. The number of ketones is 1. The van der Waals surface area contributed by atoms with E-state index >= 15 is 0 Å². The molecule has 0 aliphatic heterocycles. The second kappa shape index (κ2) is 5.97. The van der Waals surface area contributed by atoms with Gasteiger partial charge < -0.3 is 4.74 Å². The van der Waals surface area contributed by atoms with Crippen LogP contribution in [-0.4, -0.2) is 19.5 Å². The lowest BCUT2D eigenvalue weighted by Gasteiger charge is -2.11. The Balaban J connectivity index is 2.87. The molecule has 0 N–H and O–H groups in total. The van der Waals surface area contributed by atoms with Crippen LogP contribution in [0.4, 0.5) is 4.39 Å². The zero-order chi connectivity index (χ0) is 12.1. The number of rotatable bonds is 5. The molecule has 0 saturated carbocycles. The van der Waals surface area contributed by atoms with Gasteiger partial charge in [0.05, 0.1) is 10.6 Å². The number of carbonyl (C=O) groups excluding carboxylic acids is 1. The van der Waals surface area contributed by atoms with Gasteiger partial charge in [0.15, 0.2) is 5.78 Å². The van der Waals surface area contributed by atoms with Crippen molar-refractivity contribution < 1.29 is 13.9 Å². The van der Waals surface area contributed by atoms with Crippen LogP contribution in [0.5, 0.6) is 0 Å². The molecule has 0 aliphatic rings. The molecular weight excluding hydrogens is 231 g/mol. The molecule has 2 nitrogen and oxygen atoms in total. The number of hydrogen-bond acceptors (Lipinski definition) is 2. The predicted octanol–water partition coefficient (Wildman–Crippen LogP) is 3.33. The summed E-state index contributed by atoms with van der Waals surface area (Å²) >= 11 is 5.81. The fraction of sp³-hybridized carbons (Fsp3) is 0.417. The summed E-state index contributed by atoms with van der Waals surface area (Å²) in [6.45, 7) is 2.21. The van der Waals surface area contributed by atoms with Crippen LogP contribution in [0.1, 0.15) is 23.7 Å². The Bertz CT molecular complexity index is 359. The molecule has 88 valence electrons. The highest BCUT2D eigenvalue weighted by Gasteiger charge is 2.21. The van der Waals surface area contributed by atoms with Crippen molar-refractivity contribution >= 4 is 17.4 Å². The summed E-state index contributed by atoms with van der Waals surface area (Å²) in [5.74, 6) is -1.14. The molecule has 0 radical (unpaired) electrons. The van der Waals surface area contributed by atoms with Crippen molar-refractivity contribution in [2.75, 3.05) is 13.7 Å². The maximum atomic E-state index is 13.4. The SMILES string of the molecule is COCCC(C)C(=O)c1c(F)cccc1Cl. The summed E-state index contributed by atoms with van der Waals surface area (Å²) < 4.78 is 18.3. The quantitative estimate of drug-likeness (QED) is 0.743. The summed E-state index contributed by atoms with van der Waals surface area (Å²) in [6.07, 6.45) is 0.556. The van der Waals surface area contributed by atoms with E-state index in [4.69, 9.17) is 16.3 Å². The third kappa shape index (κ3) is 3.03. The van der Waals surface area contributed by atoms with Gasteiger partial charge in [0.2, 0.25) is 0 Å². The molecule has 0 heterocycles. The standard InChI is InChI=1S/C12H14ClFO2/c1-8(6-7-16-2)12(15)11-9(13)4-3-5-10(11)14/h3-5,8H,6-7H2,1-2H3. The molecule has 0 spiro atoms. The average Bonchev–Trinajstić information content (AvgIpc) is 2.25. The molecule has 0 aromatic heterocycles. The molecule has 1 aromatic carbocycles. The zero-order valence-corrected chi connectivity index (χ0v) is 10.1. The Morgan fingerprint density at radius 1 is 1.56 bits per heavy atom. The highest BCUT2D eigenvalue weighted by atomic mass is 35.5. The van der Waals surface area contributed by atoms with Crippen molar-refractivity contribution in [3.05, 3.63) is 34.6 Å². The van der Waals surface area contributed by atoms with Crippen LogP contribution in [0.15, 0.2) is 18.2 Å². The lowest BCUT2D eigenvalue weighted by Crippen LogP contribution is -2.15. The highest BCUT2D eigenvalue weighted by molar-refractivity contribution is 6.34. The van der Waals surface area contributed by atoms with Crippen molar-refractivity contribution in [3.63, 3.8) is 0 Å². The predicted molar refractivity (Wildman–Crippen MR) is 61.4 cm³/mol. The molecule has 0 aliphatic carbocycles. The van der Waals surface area contributed by atoms with Crippen LogP contribution in [0.25, 0.3) is 0 Å². The van der Waals surface area contributed by atoms with Crippen LogP contribution in [-0.2, 0) is 4.74 Å². The Hall–Kier alpha value is -0.930. The monoisotopic (exact) mass is 244 g/mol. The van der Waals surface area contributed by atoms with Gasteiger partial charge in [0.25, 0.3) is 0 Å². The zero-order valence-electron chi connectivity index (χ0n) is 9.30. The molecule has 1 unspecified atom stereocenters. The van der Waals surface area contributed by atoms with Gasteiger partial charge in [0, 0.05) is 19.6 Å².